The smallest absolute Gasteiger partial charge is 0.303 e. The molecule has 1 aromatic carbocycles. The molecule has 0 aliphatic rings. The van der Waals surface area contributed by atoms with E-state index in [4.69, 9.17) is 10.8 Å². The first-order valence-electron chi connectivity index (χ1n) is 7.18. The molecule has 0 fully saturated rings. The first kappa shape index (κ1) is 15.1. The van der Waals surface area contributed by atoms with Gasteiger partial charge in [0.15, 0.2) is 0 Å². The van der Waals surface area contributed by atoms with E-state index in [2.05, 4.69) is 16.4 Å². The standard InChI is InChI=1S/C16H21N3O2/c1-11-9-13-12(14(17)10-11)6-8-19-16(13)18-7-4-2-3-5-15(20)21/h6,8-10H,2-5,7,17H2,1H3,(H,18,19)(H,20,21). The third-order valence-corrected chi connectivity index (χ3v) is 3.42. The number of hydrogen-bond acceptors (Lipinski definition) is 4. The zero-order valence-electron chi connectivity index (χ0n) is 12.2. The predicted molar refractivity (Wildman–Crippen MR) is 85.5 cm³/mol. The van der Waals surface area contributed by atoms with Crippen LogP contribution in [0.25, 0.3) is 10.8 Å². The van der Waals surface area contributed by atoms with E-state index in [1.165, 1.54) is 0 Å². The molecule has 0 saturated carbocycles. The molecule has 2 rings (SSSR count). The average molecular weight is 287 g/mol. The fourth-order valence-electron chi connectivity index (χ4n) is 2.39. The maximum Gasteiger partial charge on any atom is 0.303 e. The van der Waals surface area contributed by atoms with E-state index in [1.807, 2.05) is 19.1 Å². The molecule has 0 bridgehead atoms. The van der Waals surface area contributed by atoms with Crippen molar-refractivity contribution < 1.29 is 9.90 Å². The van der Waals surface area contributed by atoms with Crippen LogP contribution in [0.5, 0.6) is 0 Å². The lowest BCUT2D eigenvalue weighted by atomic mass is 10.1. The average Bonchev–Trinajstić information content (AvgIpc) is 2.42. The Morgan fingerprint density at radius 1 is 1.29 bits per heavy atom. The third-order valence-electron chi connectivity index (χ3n) is 3.42. The summed E-state index contributed by atoms with van der Waals surface area (Å²) in [6, 6.07) is 5.95. The number of pyridine rings is 1. The van der Waals surface area contributed by atoms with Gasteiger partial charge < -0.3 is 16.2 Å². The van der Waals surface area contributed by atoms with Gasteiger partial charge in [0.2, 0.25) is 0 Å². The number of aryl methyl sites for hydroxylation is 1. The first-order valence-corrected chi connectivity index (χ1v) is 7.18. The predicted octanol–water partition coefficient (Wildman–Crippen LogP) is 3.18. The summed E-state index contributed by atoms with van der Waals surface area (Å²) in [6.45, 7) is 2.79. The molecule has 112 valence electrons. The van der Waals surface area contributed by atoms with E-state index < -0.39 is 5.97 Å². The summed E-state index contributed by atoms with van der Waals surface area (Å²) in [4.78, 5) is 14.8. The van der Waals surface area contributed by atoms with Gasteiger partial charge in [-0.2, -0.15) is 0 Å². The Kier molecular flexibility index (Phi) is 4.98. The zero-order valence-corrected chi connectivity index (χ0v) is 12.2. The van der Waals surface area contributed by atoms with E-state index in [0.717, 1.165) is 47.2 Å². The Morgan fingerprint density at radius 2 is 2.10 bits per heavy atom. The molecule has 1 heterocycles. The number of anilines is 2. The van der Waals surface area contributed by atoms with Crippen LogP contribution in [0.1, 0.15) is 31.2 Å². The molecule has 0 amide bonds. The molecule has 0 atom stereocenters. The molecule has 4 N–H and O–H groups in total. The normalized spacial score (nSPS) is 10.7. The van der Waals surface area contributed by atoms with Crippen LogP contribution in [0.15, 0.2) is 24.4 Å². The summed E-state index contributed by atoms with van der Waals surface area (Å²) in [6.07, 6.45) is 4.52. The van der Waals surface area contributed by atoms with Crippen molar-refractivity contribution >= 4 is 28.2 Å². The van der Waals surface area contributed by atoms with Crippen molar-refractivity contribution in [1.29, 1.82) is 0 Å². The van der Waals surface area contributed by atoms with Gasteiger partial charge in [-0.25, -0.2) is 4.98 Å². The molecule has 0 spiro atoms. The quantitative estimate of drug-likeness (QED) is 0.537. The summed E-state index contributed by atoms with van der Waals surface area (Å²) in [5, 5.41) is 13.9. The Bertz CT molecular complexity index is 641. The van der Waals surface area contributed by atoms with Gasteiger partial charge >= 0.3 is 5.97 Å². The second-order valence-corrected chi connectivity index (χ2v) is 5.24. The first-order chi connectivity index (χ1) is 10.1. The highest BCUT2D eigenvalue weighted by Gasteiger charge is 2.05. The van der Waals surface area contributed by atoms with Crippen molar-refractivity contribution in [3.63, 3.8) is 0 Å². The van der Waals surface area contributed by atoms with Crippen LogP contribution in [0, 0.1) is 6.92 Å². The van der Waals surface area contributed by atoms with E-state index in [-0.39, 0.29) is 6.42 Å². The summed E-state index contributed by atoms with van der Waals surface area (Å²) < 4.78 is 0. The van der Waals surface area contributed by atoms with E-state index >= 15 is 0 Å². The van der Waals surface area contributed by atoms with E-state index in [9.17, 15) is 4.79 Å². The maximum atomic E-state index is 10.4. The number of rotatable bonds is 7. The Morgan fingerprint density at radius 3 is 2.86 bits per heavy atom. The number of hydrogen-bond donors (Lipinski definition) is 3. The van der Waals surface area contributed by atoms with Crippen LogP contribution >= 0.6 is 0 Å². The van der Waals surface area contributed by atoms with Gasteiger partial charge in [0.05, 0.1) is 0 Å². The Labute approximate surface area is 124 Å². The van der Waals surface area contributed by atoms with Gasteiger partial charge in [-0.15, -0.1) is 0 Å². The van der Waals surface area contributed by atoms with Crippen molar-refractivity contribution in [3.05, 3.63) is 30.0 Å². The number of aliphatic carboxylic acids is 1. The van der Waals surface area contributed by atoms with E-state index in [1.54, 1.807) is 6.20 Å². The molecule has 2 aromatic rings. The molecule has 0 radical (unpaired) electrons. The molecule has 1 aromatic heterocycles. The van der Waals surface area contributed by atoms with Gasteiger partial charge in [-0.1, -0.05) is 6.42 Å². The van der Waals surface area contributed by atoms with Gasteiger partial charge in [-0.3, -0.25) is 4.79 Å². The SMILES string of the molecule is Cc1cc(N)c2ccnc(NCCCCCC(=O)O)c2c1. The summed E-state index contributed by atoms with van der Waals surface area (Å²) in [7, 11) is 0. The highest BCUT2D eigenvalue weighted by Crippen LogP contribution is 2.27. The van der Waals surface area contributed by atoms with Gasteiger partial charge in [0, 0.05) is 35.6 Å². The number of nitrogen functional groups attached to an aromatic ring is 1. The number of nitrogens with two attached hydrogens (primary N) is 1. The molecule has 21 heavy (non-hydrogen) atoms. The molecule has 5 nitrogen and oxygen atoms in total. The number of aromatic nitrogens is 1. The van der Waals surface area contributed by atoms with Crippen LogP contribution < -0.4 is 11.1 Å². The number of nitrogens with zero attached hydrogens (tertiary/aromatic N) is 1. The van der Waals surface area contributed by atoms with Gasteiger partial charge in [-0.05, 0) is 43.5 Å². The lowest BCUT2D eigenvalue weighted by Gasteiger charge is -2.10. The van der Waals surface area contributed by atoms with Crippen LogP contribution in [-0.4, -0.2) is 22.6 Å². The maximum absolute atomic E-state index is 10.4. The monoisotopic (exact) mass is 287 g/mol. The molecule has 0 unspecified atom stereocenters. The molecule has 0 aliphatic heterocycles. The number of unbranched alkanes of at least 4 members (excludes halogenated alkanes) is 2. The zero-order chi connectivity index (χ0) is 15.2. The Hall–Kier alpha value is -2.30. The highest BCUT2D eigenvalue weighted by atomic mass is 16.4. The van der Waals surface area contributed by atoms with Gasteiger partial charge in [0.25, 0.3) is 0 Å². The summed E-state index contributed by atoms with van der Waals surface area (Å²) in [5.41, 5.74) is 7.91. The number of carbonyl (C=O) groups is 1. The van der Waals surface area contributed by atoms with Crippen molar-refractivity contribution in [1.82, 2.24) is 4.98 Å². The molecular weight excluding hydrogens is 266 g/mol. The third kappa shape index (κ3) is 4.08. The number of carboxylic acid groups (broad SMARTS) is 1. The number of fused-ring (bicyclic) bond motifs is 1. The number of benzene rings is 1. The lowest BCUT2D eigenvalue weighted by molar-refractivity contribution is -0.137. The highest BCUT2D eigenvalue weighted by molar-refractivity contribution is 5.99. The molecule has 5 heteroatoms. The van der Waals surface area contributed by atoms with Crippen LogP contribution in [0.4, 0.5) is 11.5 Å². The summed E-state index contributed by atoms with van der Waals surface area (Å²) in [5.74, 6) is 0.103. The largest absolute Gasteiger partial charge is 0.481 e. The molecule has 0 aliphatic carbocycles. The second kappa shape index (κ2) is 6.92. The molecular formula is C16H21N3O2. The topological polar surface area (TPSA) is 88.2 Å². The minimum Gasteiger partial charge on any atom is -0.481 e. The lowest BCUT2D eigenvalue weighted by Crippen LogP contribution is -2.05. The molecule has 0 saturated heterocycles. The van der Waals surface area contributed by atoms with Crippen molar-refractivity contribution in [2.24, 2.45) is 0 Å². The number of nitrogens with one attached hydrogen (secondary N) is 1. The van der Waals surface area contributed by atoms with Crippen LogP contribution in [-0.2, 0) is 4.79 Å². The minimum absolute atomic E-state index is 0.238. The van der Waals surface area contributed by atoms with Crippen molar-refractivity contribution in [3.8, 4) is 0 Å². The number of carboxylic acids is 1. The van der Waals surface area contributed by atoms with Crippen molar-refractivity contribution in [2.45, 2.75) is 32.6 Å². The minimum atomic E-state index is -0.732. The van der Waals surface area contributed by atoms with Crippen LogP contribution in [0.3, 0.4) is 0 Å². The van der Waals surface area contributed by atoms with Gasteiger partial charge in [0.1, 0.15) is 5.82 Å². The summed E-state index contributed by atoms with van der Waals surface area (Å²) >= 11 is 0. The second-order valence-electron chi connectivity index (χ2n) is 5.24. The fraction of sp³-hybridized carbons (Fsp3) is 0.375. The Balaban J connectivity index is 1.97. The fourth-order valence-corrected chi connectivity index (χ4v) is 2.39. The van der Waals surface area contributed by atoms with Crippen molar-refractivity contribution in [2.75, 3.05) is 17.6 Å². The van der Waals surface area contributed by atoms with E-state index in [0.29, 0.717) is 6.42 Å². The van der Waals surface area contributed by atoms with Crippen LogP contribution in [0.2, 0.25) is 0 Å².